The van der Waals surface area contributed by atoms with Crippen molar-refractivity contribution in [3.05, 3.63) is 22.6 Å². The normalized spacial score (nSPS) is 14.1. The molecular weight excluding hydrogens is 287 g/mol. The minimum Gasteiger partial charge on any atom is -0.466 e. The predicted octanol–water partition coefficient (Wildman–Crippen LogP) is 4.04. The first-order valence-electron chi connectivity index (χ1n) is 4.97. The largest absolute Gasteiger partial charge is 0.466 e. The zero-order valence-electron chi connectivity index (χ0n) is 8.77. The summed E-state index contributed by atoms with van der Waals surface area (Å²) in [6.45, 7) is 2.44. The van der Waals surface area contributed by atoms with Gasteiger partial charge < -0.3 is 9.73 Å². The van der Waals surface area contributed by atoms with Gasteiger partial charge in [-0.3, -0.25) is 0 Å². The van der Waals surface area contributed by atoms with Crippen LogP contribution in [-0.2, 0) is 0 Å². The monoisotopic (exact) mass is 299 g/mol. The number of halogens is 4. The SMILES string of the molecule is CCNC(CCC(F)(F)F)c1occc1Br. The van der Waals surface area contributed by atoms with Gasteiger partial charge in [0.05, 0.1) is 16.8 Å². The third kappa shape index (κ3) is 4.17. The van der Waals surface area contributed by atoms with E-state index >= 15 is 0 Å². The maximum absolute atomic E-state index is 12.1. The van der Waals surface area contributed by atoms with E-state index in [1.54, 1.807) is 6.07 Å². The van der Waals surface area contributed by atoms with Crippen molar-refractivity contribution >= 4 is 15.9 Å². The minimum absolute atomic E-state index is 0.0244. The van der Waals surface area contributed by atoms with E-state index < -0.39 is 18.6 Å². The lowest BCUT2D eigenvalue weighted by molar-refractivity contribution is -0.136. The molecule has 1 aromatic heterocycles. The third-order valence-electron chi connectivity index (χ3n) is 2.13. The Morgan fingerprint density at radius 2 is 2.19 bits per heavy atom. The molecule has 1 atom stereocenters. The highest BCUT2D eigenvalue weighted by Crippen LogP contribution is 2.31. The molecule has 1 unspecified atom stereocenters. The number of hydrogen-bond acceptors (Lipinski definition) is 2. The molecule has 1 rings (SSSR count). The summed E-state index contributed by atoms with van der Waals surface area (Å²) in [5, 5.41) is 2.97. The van der Waals surface area contributed by atoms with Crippen LogP contribution in [0, 0.1) is 0 Å². The van der Waals surface area contributed by atoms with Crippen LogP contribution in [0.15, 0.2) is 21.2 Å². The van der Waals surface area contributed by atoms with Gasteiger partial charge in [0, 0.05) is 6.42 Å². The van der Waals surface area contributed by atoms with Crippen LogP contribution < -0.4 is 5.32 Å². The Balaban J connectivity index is 2.65. The molecule has 0 spiro atoms. The summed E-state index contributed by atoms with van der Waals surface area (Å²) in [7, 11) is 0. The Morgan fingerprint density at radius 1 is 1.50 bits per heavy atom. The Kier molecular flexibility index (Phi) is 4.86. The second kappa shape index (κ2) is 5.72. The maximum Gasteiger partial charge on any atom is 0.389 e. The highest BCUT2D eigenvalue weighted by Gasteiger charge is 2.29. The van der Waals surface area contributed by atoms with Crippen molar-refractivity contribution in [3.8, 4) is 0 Å². The Hall–Kier alpha value is -0.490. The van der Waals surface area contributed by atoms with Crippen molar-refractivity contribution in [1.82, 2.24) is 5.32 Å². The first-order chi connectivity index (χ1) is 7.44. The van der Waals surface area contributed by atoms with Crippen molar-refractivity contribution in [2.75, 3.05) is 6.54 Å². The number of rotatable bonds is 5. The Bertz CT molecular complexity index is 324. The second-order valence-corrected chi connectivity index (χ2v) is 4.25. The van der Waals surface area contributed by atoms with Gasteiger partial charge in [0.25, 0.3) is 0 Å². The zero-order chi connectivity index (χ0) is 12.2. The van der Waals surface area contributed by atoms with Gasteiger partial charge in [0.2, 0.25) is 0 Å². The Labute approximate surface area is 100 Å². The number of alkyl halides is 3. The lowest BCUT2D eigenvalue weighted by atomic mass is 10.1. The maximum atomic E-state index is 12.1. The Morgan fingerprint density at radius 3 is 2.62 bits per heavy atom. The summed E-state index contributed by atoms with van der Waals surface area (Å²) in [5.74, 6) is 0.520. The third-order valence-corrected chi connectivity index (χ3v) is 2.78. The molecule has 92 valence electrons. The first kappa shape index (κ1) is 13.6. The topological polar surface area (TPSA) is 25.2 Å². The van der Waals surface area contributed by atoms with E-state index in [2.05, 4.69) is 21.2 Å². The molecule has 1 heterocycles. The van der Waals surface area contributed by atoms with Crippen LogP contribution in [-0.4, -0.2) is 12.7 Å². The number of nitrogens with one attached hydrogen (secondary N) is 1. The molecule has 0 amide bonds. The summed E-state index contributed by atoms with van der Waals surface area (Å²) in [6.07, 6.45) is -3.52. The van der Waals surface area contributed by atoms with Crippen molar-refractivity contribution in [2.45, 2.75) is 32.0 Å². The van der Waals surface area contributed by atoms with Crippen LogP contribution in [0.25, 0.3) is 0 Å². The van der Waals surface area contributed by atoms with Crippen LogP contribution in [0.1, 0.15) is 31.6 Å². The fourth-order valence-corrected chi connectivity index (χ4v) is 1.91. The van der Waals surface area contributed by atoms with Crippen molar-refractivity contribution < 1.29 is 17.6 Å². The highest BCUT2D eigenvalue weighted by atomic mass is 79.9. The van der Waals surface area contributed by atoms with Crippen LogP contribution in [0.4, 0.5) is 13.2 Å². The molecule has 0 fully saturated rings. The summed E-state index contributed by atoms with van der Waals surface area (Å²) < 4.78 is 42.2. The van der Waals surface area contributed by atoms with E-state index in [-0.39, 0.29) is 6.42 Å². The summed E-state index contributed by atoms with van der Waals surface area (Å²) in [5.41, 5.74) is 0. The van der Waals surface area contributed by atoms with Gasteiger partial charge in [-0.25, -0.2) is 0 Å². The molecule has 1 aromatic rings. The highest BCUT2D eigenvalue weighted by molar-refractivity contribution is 9.10. The van der Waals surface area contributed by atoms with Crippen LogP contribution >= 0.6 is 15.9 Å². The molecule has 2 nitrogen and oxygen atoms in total. The zero-order valence-corrected chi connectivity index (χ0v) is 10.4. The van der Waals surface area contributed by atoms with Gasteiger partial charge >= 0.3 is 6.18 Å². The summed E-state index contributed by atoms with van der Waals surface area (Å²) >= 11 is 3.24. The standard InChI is InChI=1S/C10H13BrF3NO/c1-2-15-8(3-5-10(12,13)14)9-7(11)4-6-16-9/h4,6,8,15H,2-3,5H2,1H3. The van der Waals surface area contributed by atoms with E-state index in [9.17, 15) is 13.2 Å². The van der Waals surface area contributed by atoms with Crippen molar-refractivity contribution in [2.24, 2.45) is 0 Å². The number of furan rings is 1. The quantitative estimate of drug-likeness (QED) is 0.888. The van der Waals surface area contributed by atoms with E-state index in [0.29, 0.717) is 16.8 Å². The molecule has 1 N–H and O–H groups in total. The molecule has 0 radical (unpaired) electrons. The van der Waals surface area contributed by atoms with E-state index in [4.69, 9.17) is 4.42 Å². The average molecular weight is 300 g/mol. The molecule has 16 heavy (non-hydrogen) atoms. The lowest BCUT2D eigenvalue weighted by Gasteiger charge is -2.17. The molecule has 0 saturated heterocycles. The predicted molar refractivity (Wildman–Crippen MR) is 58.1 cm³/mol. The molecule has 0 aliphatic rings. The summed E-state index contributed by atoms with van der Waals surface area (Å²) in [6, 6.07) is 1.27. The fraction of sp³-hybridized carbons (Fsp3) is 0.600. The second-order valence-electron chi connectivity index (χ2n) is 3.40. The van der Waals surface area contributed by atoms with Gasteiger partial charge in [-0.1, -0.05) is 6.92 Å². The lowest BCUT2D eigenvalue weighted by Crippen LogP contribution is -2.23. The van der Waals surface area contributed by atoms with Crippen molar-refractivity contribution in [1.29, 1.82) is 0 Å². The van der Waals surface area contributed by atoms with Crippen LogP contribution in [0.5, 0.6) is 0 Å². The van der Waals surface area contributed by atoms with Crippen LogP contribution in [0.3, 0.4) is 0 Å². The van der Waals surface area contributed by atoms with E-state index in [1.807, 2.05) is 6.92 Å². The first-order valence-corrected chi connectivity index (χ1v) is 5.76. The molecule has 6 heteroatoms. The molecule has 0 aliphatic heterocycles. The van der Waals surface area contributed by atoms with Gasteiger partial charge in [0.1, 0.15) is 5.76 Å². The fourth-order valence-electron chi connectivity index (χ4n) is 1.43. The number of hydrogen-bond donors (Lipinski definition) is 1. The van der Waals surface area contributed by atoms with Gasteiger partial charge in [0.15, 0.2) is 0 Å². The molecular formula is C10H13BrF3NO. The van der Waals surface area contributed by atoms with E-state index in [1.165, 1.54) is 6.26 Å². The molecule has 0 aliphatic carbocycles. The summed E-state index contributed by atoms with van der Waals surface area (Å²) in [4.78, 5) is 0. The minimum atomic E-state index is -4.13. The molecule has 0 bridgehead atoms. The smallest absolute Gasteiger partial charge is 0.389 e. The van der Waals surface area contributed by atoms with Crippen LogP contribution in [0.2, 0.25) is 0 Å². The van der Waals surface area contributed by atoms with E-state index in [0.717, 1.165) is 0 Å². The van der Waals surface area contributed by atoms with Crippen molar-refractivity contribution in [3.63, 3.8) is 0 Å². The van der Waals surface area contributed by atoms with Gasteiger partial charge in [-0.15, -0.1) is 0 Å². The van der Waals surface area contributed by atoms with Gasteiger partial charge in [-0.05, 0) is 35.0 Å². The molecule has 0 aromatic carbocycles. The van der Waals surface area contributed by atoms with Gasteiger partial charge in [-0.2, -0.15) is 13.2 Å². The molecule has 0 saturated carbocycles. The average Bonchev–Trinajstić information content (AvgIpc) is 2.57.